The number of carbonyl (C=O) groups is 1. The molecule has 58 valence electrons. The average molecular weight is 235 g/mol. The third-order valence-corrected chi connectivity index (χ3v) is 1.53. The number of hydrogen-bond acceptors (Lipinski definition) is 1. The zero-order valence-electron chi connectivity index (χ0n) is 7.24. The van der Waals surface area contributed by atoms with E-state index in [0.29, 0.717) is 5.92 Å². The normalized spacial score (nSPS) is 8.42. The van der Waals surface area contributed by atoms with E-state index in [2.05, 4.69) is 0 Å². The molecule has 1 rings (SSSR count). The van der Waals surface area contributed by atoms with E-state index in [4.69, 9.17) is 5.11 Å². The SMILES string of the molecule is C[C-](C(=O)O)c1ccccc1.[Rb+]. The van der Waals surface area contributed by atoms with Gasteiger partial charge in [-0.3, -0.25) is 4.79 Å². The minimum atomic E-state index is -0.865. The van der Waals surface area contributed by atoms with Gasteiger partial charge in [-0.2, -0.15) is 17.7 Å². The van der Waals surface area contributed by atoms with Crippen LogP contribution in [0.5, 0.6) is 0 Å². The Kier molecular flexibility index (Phi) is 6.10. The Morgan fingerprint density at radius 2 is 1.83 bits per heavy atom. The van der Waals surface area contributed by atoms with E-state index in [0.717, 1.165) is 5.56 Å². The molecule has 0 aliphatic carbocycles. The van der Waals surface area contributed by atoms with Gasteiger partial charge in [-0.05, 0) is 0 Å². The van der Waals surface area contributed by atoms with Gasteiger partial charge in [0.2, 0.25) is 0 Å². The van der Waals surface area contributed by atoms with Gasteiger partial charge >= 0.3 is 58.2 Å². The second kappa shape index (κ2) is 5.92. The maximum Gasteiger partial charge on any atom is 1.00 e. The molecule has 3 heteroatoms. The Labute approximate surface area is 121 Å². The number of carboxylic acids is 1. The summed E-state index contributed by atoms with van der Waals surface area (Å²) >= 11 is 0. The van der Waals surface area contributed by atoms with E-state index in [1.165, 1.54) is 0 Å². The maximum absolute atomic E-state index is 10.5. The van der Waals surface area contributed by atoms with Crippen molar-refractivity contribution in [1.82, 2.24) is 0 Å². The Hall–Kier alpha value is 0.365. The van der Waals surface area contributed by atoms with E-state index < -0.39 is 5.97 Å². The molecule has 0 heterocycles. The molecule has 0 spiro atoms. The first-order chi connectivity index (χ1) is 5.22. The Balaban J connectivity index is 0.00000121. The van der Waals surface area contributed by atoms with Gasteiger partial charge in [0.15, 0.2) is 0 Å². The zero-order chi connectivity index (χ0) is 8.27. The van der Waals surface area contributed by atoms with Crippen molar-refractivity contribution in [2.24, 2.45) is 0 Å². The summed E-state index contributed by atoms with van der Waals surface area (Å²) in [7, 11) is 0. The van der Waals surface area contributed by atoms with Crippen LogP contribution in [0.15, 0.2) is 30.3 Å². The minimum absolute atomic E-state index is 0. The summed E-state index contributed by atoms with van der Waals surface area (Å²) in [6, 6.07) is 9.06. The van der Waals surface area contributed by atoms with Crippen LogP contribution in [-0.2, 0) is 4.79 Å². The van der Waals surface area contributed by atoms with E-state index >= 15 is 0 Å². The second-order valence-electron chi connectivity index (χ2n) is 2.30. The molecule has 1 aromatic carbocycles. The van der Waals surface area contributed by atoms with Crippen molar-refractivity contribution in [2.45, 2.75) is 6.92 Å². The molecule has 1 aromatic rings. The molecule has 0 aliphatic heterocycles. The Morgan fingerprint density at radius 3 is 2.25 bits per heavy atom. The van der Waals surface area contributed by atoms with Crippen LogP contribution in [0.1, 0.15) is 12.5 Å². The van der Waals surface area contributed by atoms with E-state index in [1.54, 1.807) is 19.1 Å². The third-order valence-electron chi connectivity index (χ3n) is 1.53. The molecule has 0 fully saturated rings. The van der Waals surface area contributed by atoms with Gasteiger partial charge in [0.05, 0.1) is 0 Å². The van der Waals surface area contributed by atoms with Crippen LogP contribution in [0, 0.1) is 5.92 Å². The molecule has 0 aromatic heterocycles. The van der Waals surface area contributed by atoms with Gasteiger partial charge in [-0.25, -0.2) is 0 Å². The first-order valence-corrected chi connectivity index (χ1v) is 3.34. The van der Waals surface area contributed by atoms with Crippen molar-refractivity contribution < 1.29 is 68.1 Å². The fraction of sp³-hybridized carbons (Fsp3) is 0.111. The first kappa shape index (κ1) is 12.4. The largest absolute Gasteiger partial charge is 1.00 e. The molecular formula is C9H9O2Rb. The summed E-state index contributed by atoms with van der Waals surface area (Å²) < 4.78 is 0. The molecule has 0 amide bonds. The van der Waals surface area contributed by atoms with Gasteiger partial charge < -0.3 is 5.11 Å². The van der Waals surface area contributed by atoms with Crippen molar-refractivity contribution in [3.05, 3.63) is 41.8 Å². The van der Waals surface area contributed by atoms with Crippen LogP contribution in [-0.4, -0.2) is 11.1 Å². The molecule has 0 saturated heterocycles. The number of carboxylic acid groups (broad SMARTS) is 1. The second-order valence-corrected chi connectivity index (χ2v) is 2.30. The summed E-state index contributed by atoms with van der Waals surface area (Å²) in [6.07, 6.45) is 0. The third kappa shape index (κ3) is 3.39. The van der Waals surface area contributed by atoms with Crippen molar-refractivity contribution in [3.8, 4) is 0 Å². The molecule has 0 aliphatic rings. The number of benzene rings is 1. The van der Waals surface area contributed by atoms with Crippen molar-refractivity contribution in [2.75, 3.05) is 0 Å². The molecule has 0 atom stereocenters. The van der Waals surface area contributed by atoms with Crippen LogP contribution in [0.2, 0.25) is 0 Å². The van der Waals surface area contributed by atoms with Crippen LogP contribution >= 0.6 is 0 Å². The average Bonchev–Trinajstić information content (AvgIpc) is 2.05. The zero-order valence-corrected chi connectivity index (χ0v) is 12.2. The number of hydrogen-bond donors (Lipinski definition) is 1. The van der Waals surface area contributed by atoms with E-state index in [9.17, 15) is 4.79 Å². The predicted octanol–water partition coefficient (Wildman–Crippen LogP) is -1.28. The van der Waals surface area contributed by atoms with Crippen LogP contribution in [0.3, 0.4) is 0 Å². The molecule has 2 nitrogen and oxygen atoms in total. The minimum Gasteiger partial charge on any atom is -0.487 e. The van der Waals surface area contributed by atoms with Gasteiger partial charge in [-0.1, -0.05) is 18.9 Å². The standard InChI is InChI=1S/C9H9O2.Rb/c1-7(9(10)11)8-5-3-2-4-6-8;/h2-6H,1H3,(H,10,11);/q-1;+1. The van der Waals surface area contributed by atoms with Crippen LogP contribution in [0.25, 0.3) is 0 Å². The van der Waals surface area contributed by atoms with Gasteiger partial charge in [0, 0.05) is 0 Å². The Morgan fingerprint density at radius 1 is 1.33 bits per heavy atom. The first-order valence-electron chi connectivity index (χ1n) is 3.34. The molecule has 0 radical (unpaired) electrons. The molecular weight excluding hydrogens is 226 g/mol. The van der Waals surface area contributed by atoms with Gasteiger partial charge in [-0.15, -0.1) is 12.1 Å². The van der Waals surface area contributed by atoms with Crippen LogP contribution < -0.4 is 58.2 Å². The fourth-order valence-electron chi connectivity index (χ4n) is 0.812. The van der Waals surface area contributed by atoms with Crippen molar-refractivity contribution >= 4 is 5.97 Å². The number of rotatable bonds is 2. The summed E-state index contributed by atoms with van der Waals surface area (Å²) in [4.78, 5) is 10.5. The maximum atomic E-state index is 10.5. The van der Waals surface area contributed by atoms with Crippen molar-refractivity contribution in [1.29, 1.82) is 0 Å². The predicted molar refractivity (Wildman–Crippen MR) is 42.1 cm³/mol. The molecule has 12 heavy (non-hydrogen) atoms. The Bertz CT molecular complexity index is 246. The van der Waals surface area contributed by atoms with Crippen molar-refractivity contribution in [3.63, 3.8) is 0 Å². The van der Waals surface area contributed by atoms with Crippen LogP contribution in [0.4, 0.5) is 0 Å². The quantitative estimate of drug-likeness (QED) is 0.648. The van der Waals surface area contributed by atoms with Gasteiger partial charge in [0.1, 0.15) is 0 Å². The van der Waals surface area contributed by atoms with Gasteiger partial charge in [0.25, 0.3) is 5.97 Å². The topological polar surface area (TPSA) is 37.3 Å². The van der Waals surface area contributed by atoms with E-state index in [-0.39, 0.29) is 58.2 Å². The van der Waals surface area contributed by atoms with E-state index in [1.807, 2.05) is 18.2 Å². The summed E-state index contributed by atoms with van der Waals surface area (Å²) in [5.74, 6) is -0.484. The smallest absolute Gasteiger partial charge is 0.487 e. The fourth-order valence-corrected chi connectivity index (χ4v) is 0.812. The summed E-state index contributed by atoms with van der Waals surface area (Å²) in [6.45, 7) is 1.59. The summed E-state index contributed by atoms with van der Waals surface area (Å²) in [5, 5.41) is 8.60. The molecule has 0 saturated carbocycles. The summed E-state index contributed by atoms with van der Waals surface area (Å²) in [5.41, 5.74) is 0.764. The molecule has 0 bridgehead atoms. The number of aliphatic carboxylic acids is 1. The molecule has 0 unspecified atom stereocenters. The monoisotopic (exact) mass is 234 g/mol. The molecule has 1 N–H and O–H groups in total.